The van der Waals surface area contributed by atoms with E-state index >= 15 is 0 Å². The van der Waals surface area contributed by atoms with Crippen LogP contribution in [0.2, 0.25) is 0 Å². The first-order valence-electron chi connectivity index (χ1n) is 8.37. The van der Waals surface area contributed by atoms with Gasteiger partial charge >= 0.3 is 6.18 Å². The lowest BCUT2D eigenvalue weighted by Gasteiger charge is -2.18. The molecular formula is C16H32F3NO. The van der Waals surface area contributed by atoms with Crippen LogP contribution in [0.3, 0.4) is 0 Å². The van der Waals surface area contributed by atoms with Gasteiger partial charge in [-0.3, -0.25) is 0 Å². The number of nitrogens with one attached hydrogen (secondary N) is 1. The van der Waals surface area contributed by atoms with E-state index in [0.29, 0.717) is 6.42 Å². The Hall–Kier alpha value is -0.290. The Morgan fingerprint density at radius 2 is 1.52 bits per heavy atom. The number of alkyl halides is 3. The van der Waals surface area contributed by atoms with Gasteiger partial charge in [-0.05, 0) is 19.4 Å². The fraction of sp³-hybridized carbons (Fsp3) is 1.00. The summed E-state index contributed by atoms with van der Waals surface area (Å²) < 4.78 is 40.6. The molecule has 21 heavy (non-hydrogen) atoms. The summed E-state index contributed by atoms with van der Waals surface area (Å²) >= 11 is 0. The Labute approximate surface area is 127 Å². The van der Waals surface area contributed by atoms with Crippen molar-refractivity contribution in [3.8, 4) is 0 Å². The minimum atomic E-state index is -4.22. The molecule has 1 N–H and O–H groups in total. The van der Waals surface area contributed by atoms with Crippen molar-refractivity contribution in [2.75, 3.05) is 19.8 Å². The molecule has 0 spiro atoms. The second-order valence-electron chi connectivity index (χ2n) is 5.62. The Kier molecular flexibility index (Phi) is 13.2. The SMILES string of the molecule is CCCCCCCCCC(CCOCC(F)(F)F)NCC. The first kappa shape index (κ1) is 20.7. The Balaban J connectivity index is 3.58. The van der Waals surface area contributed by atoms with Crippen molar-refractivity contribution in [3.05, 3.63) is 0 Å². The fourth-order valence-electron chi connectivity index (χ4n) is 2.40. The van der Waals surface area contributed by atoms with Gasteiger partial charge in [-0.15, -0.1) is 0 Å². The molecule has 1 atom stereocenters. The summed E-state index contributed by atoms with van der Waals surface area (Å²) in [4.78, 5) is 0. The van der Waals surface area contributed by atoms with E-state index in [1.165, 1.54) is 38.5 Å². The van der Waals surface area contributed by atoms with Crippen LogP contribution in [0.25, 0.3) is 0 Å². The van der Waals surface area contributed by atoms with Crippen molar-refractivity contribution in [3.63, 3.8) is 0 Å². The molecule has 0 radical (unpaired) electrons. The summed E-state index contributed by atoms with van der Waals surface area (Å²) in [7, 11) is 0. The third kappa shape index (κ3) is 15.9. The van der Waals surface area contributed by atoms with Crippen molar-refractivity contribution in [1.82, 2.24) is 5.32 Å². The number of hydrogen-bond acceptors (Lipinski definition) is 2. The Morgan fingerprint density at radius 3 is 2.10 bits per heavy atom. The zero-order valence-electron chi connectivity index (χ0n) is 13.6. The van der Waals surface area contributed by atoms with Crippen LogP contribution in [0, 0.1) is 0 Å². The highest BCUT2D eigenvalue weighted by Crippen LogP contribution is 2.15. The van der Waals surface area contributed by atoms with Crippen LogP contribution in [-0.4, -0.2) is 32.0 Å². The average molecular weight is 311 g/mol. The van der Waals surface area contributed by atoms with Crippen LogP contribution in [0.1, 0.15) is 71.6 Å². The minimum absolute atomic E-state index is 0.174. The molecule has 0 rings (SSSR count). The highest BCUT2D eigenvalue weighted by molar-refractivity contribution is 4.66. The third-order valence-electron chi connectivity index (χ3n) is 3.53. The number of unbranched alkanes of at least 4 members (excludes halogenated alkanes) is 6. The van der Waals surface area contributed by atoms with Gasteiger partial charge in [0, 0.05) is 12.6 Å². The zero-order chi connectivity index (χ0) is 16.0. The van der Waals surface area contributed by atoms with Crippen molar-refractivity contribution in [2.24, 2.45) is 0 Å². The summed E-state index contributed by atoms with van der Waals surface area (Å²) in [6.45, 7) is 4.12. The van der Waals surface area contributed by atoms with Gasteiger partial charge in [-0.1, -0.05) is 58.8 Å². The van der Waals surface area contributed by atoms with Gasteiger partial charge in [0.2, 0.25) is 0 Å². The summed E-state index contributed by atoms with van der Waals surface area (Å²) in [6, 6.07) is 0.277. The number of hydrogen-bond donors (Lipinski definition) is 1. The molecule has 128 valence electrons. The third-order valence-corrected chi connectivity index (χ3v) is 3.53. The molecular weight excluding hydrogens is 279 g/mol. The second kappa shape index (κ2) is 13.4. The highest BCUT2D eigenvalue weighted by atomic mass is 19.4. The molecule has 0 bridgehead atoms. The Morgan fingerprint density at radius 1 is 0.905 bits per heavy atom. The topological polar surface area (TPSA) is 21.3 Å². The largest absolute Gasteiger partial charge is 0.411 e. The normalized spacial score (nSPS) is 13.6. The van der Waals surface area contributed by atoms with Crippen LogP contribution in [0.4, 0.5) is 13.2 Å². The molecule has 0 saturated heterocycles. The predicted octanol–water partition coefficient (Wildman–Crippen LogP) is 5.07. The lowest BCUT2D eigenvalue weighted by Crippen LogP contribution is -2.30. The monoisotopic (exact) mass is 311 g/mol. The Bertz CT molecular complexity index is 222. The molecule has 0 aliphatic rings. The quantitative estimate of drug-likeness (QED) is 0.452. The van der Waals surface area contributed by atoms with E-state index in [0.717, 1.165) is 19.4 Å². The smallest absolute Gasteiger partial charge is 0.372 e. The van der Waals surface area contributed by atoms with E-state index in [9.17, 15) is 13.2 Å². The summed E-state index contributed by atoms with van der Waals surface area (Å²) in [5.74, 6) is 0. The van der Waals surface area contributed by atoms with Crippen molar-refractivity contribution in [2.45, 2.75) is 83.9 Å². The zero-order valence-corrected chi connectivity index (χ0v) is 13.6. The van der Waals surface area contributed by atoms with E-state index in [2.05, 4.69) is 17.0 Å². The standard InChI is InChI=1S/C16H32F3NO/c1-3-5-6-7-8-9-10-11-15(20-4-2)12-13-21-14-16(17,18)19/h15,20H,3-14H2,1-2H3. The average Bonchev–Trinajstić information content (AvgIpc) is 2.41. The summed E-state index contributed by atoms with van der Waals surface area (Å²) in [6.07, 6.45) is 6.29. The van der Waals surface area contributed by atoms with E-state index in [1.54, 1.807) is 0 Å². The van der Waals surface area contributed by atoms with Crippen LogP contribution in [0.15, 0.2) is 0 Å². The van der Waals surface area contributed by atoms with Gasteiger partial charge in [0.1, 0.15) is 6.61 Å². The van der Waals surface area contributed by atoms with Crippen LogP contribution in [0.5, 0.6) is 0 Å². The number of halogens is 3. The lowest BCUT2D eigenvalue weighted by atomic mass is 10.0. The van der Waals surface area contributed by atoms with E-state index in [-0.39, 0.29) is 12.6 Å². The van der Waals surface area contributed by atoms with Gasteiger partial charge in [-0.2, -0.15) is 13.2 Å². The van der Waals surface area contributed by atoms with Crippen LogP contribution < -0.4 is 5.32 Å². The van der Waals surface area contributed by atoms with E-state index in [1.807, 2.05) is 6.92 Å². The van der Waals surface area contributed by atoms with Gasteiger partial charge in [-0.25, -0.2) is 0 Å². The molecule has 0 fully saturated rings. The molecule has 0 amide bonds. The molecule has 5 heteroatoms. The first-order valence-corrected chi connectivity index (χ1v) is 8.37. The van der Waals surface area contributed by atoms with Gasteiger partial charge in [0.15, 0.2) is 0 Å². The molecule has 0 heterocycles. The maximum absolute atomic E-state index is 12.0. The van der Waals surface area contributed by atoms with Crippen LogP contribution in [-0.2, 0) is 4.74 Å². The summed E-state index contributed by atoms with van der Waals surface area (Å²) in [5.41, 5.74) is 0. The predicted molar refractivity (Wildman–Crippen MR) is 81.6 cm³/mol. The van der Waals surface area contributed by atoms with Crippen LogP contribution >= 0.6 is 0 Å². The number of ether oxygens (including phenoxy) is 1. The van der Waals surface area contributed by atoms with Crippen molar-refractivity contribution < 1.29 is 17.9 Å². The maximum atomic E-state index is 12.0. The molecule has 0 aliphatic carbocycles. The fourth-order valence-corrected chi connectivity index (χ4v) is 2.40. The number of rotatable bonds is 14. The van der Waals surface area contributed by atoms with E-state index in [4.69, 9.17) is 0 Å². The molecule has 0 saturated carbocycles. The molecule has 1 unspecified atom stereocenters. The highest BCUT2D eigenvalue weighted by Gasteiger charge is 2.27. The minimum Gasteiger partial charge on any atom is -0.372 e. The van der Waals surface area contributed by atoms with Crippen molar-refractivity contribution >= 4 is 0 Å². The molecule has 0 aromatic carbocycles. The summed E-state index contributed by atoms with van der Waals surface area (Å²) in [5, 5.41) is 3.33. The van der Waals surface area contributed by atoms with E-state index < -0.39 is 12.8 Å². The lowest BCUT2D eigenvalue weighted by molar-refractivity contribution is -0.174. The van der Waals surface area contributed by atoms with Gasteiger partial charge < -0.3 is 10.1 Å². The second-order valence-corrected chi connectivity index (χ2v) is 5.62. The molecule has 2 nitrogen and oxygen atoms in total. The molecule has 0 aliphatic heterocycles. The maximum Gasteiger partial charge on any atom is 0.411 e. The van der Waals surface area contributed by atoms with Crippen molar-refractivity contribution in [1.29, 1.82) is 0 Å². The van der Waals surface area contributed by atoms with Gasteiger partial charge in [0.05, 0.1) is 0 Å². The molecule has 0 aromatic heterocycles. The van der Waals surface area contributed by atoms with Gasteiger partial charge in [0.25, 0.3) is 0 Å². The molecule has 0 aromatic rings. The first-order chi connectivity index (χ1) is 9.99.